The first-order valence-electron chi connectivity index (χ1n) is 10.1. The van der Waals surface area contributed by atoms with Gasteiger partial charge < -0.3 is 14.5 Å². The first-order chi connectivity index (χ1) is 13.1. The number of amides is 2. The van der Waals surface area contributed by atoms with Crippen molar-refractivity contribution in [2.45, 2.75) is 31.7 Å². The normalized spacial score (nSPS) is 24.6. The Bertz CT molecular complexity index is 694. The zero-order valence-electron chi connectivity index (χ0n) is 16.1. The molecule has 4 rings (SSSR count). The molecule has 0 aromatic heterocycles. The van der Waals surface area contributed by atoms with Crippen LogP contribution in [0.5, 0.6) is 0 Å². The van der Waals surface area contributed by atoms with Gasteiger partial charge in [-0.25, -0.2) is 0 Å². The maximum absolute atomic E-state index is 13.5. The number of para-hydroxylation sites is 1. The predicted molar refractivity (Wildman–Crippen MR) is 104 cm³/mol. The van der Waals surface area contributed by atoms with Crippen molar-refractivity contribution in [2.75, 3.05) is 51.3 Å². The second kappa shape index (κ2) is 7.98. The summed E-state index contributed by atoms with van der Waals surface area (Å²) in [6, 6.07) is 7.68. The fraction of sp³-hybridized carbons (Fsp3) is 0.619. The van der Waals surface area contributed by atoms with Gasteiger partial charge in [0.15, 0.2) is 0 Å². The van der Waals surface area contributed by atoms with Crippen LogP contribution in [0.1, 0.15) is 24.8 Å². The highest BCUT2D eigenvalue weighted by atomic mass is 16.5. The van der Waals surface area contributed by atoms with Crippen LogP contribution in [0.4, 0.5) is 5.69 Å². The average molecular weight is 371 g/mol. The van der Waals surface area contributed by atoms with E-state index < -0.39 is 0 Å². The first kappa shape index (κ1) is 18.4. The Labute approximate surface area is 161 Å². The Balaban J connectivity index is 1.61. The molecule has 27 heavy (non-hydrogen) atoms. The number of carbonyl (C=O) groups excluding carboxylic acids is 2. The highest BCUT2D eigenvalue weighted by Gasteiger charge is 2.40. The standard InChI is InChI=1S/C21H29N3O3/c1-22-10-12-23(13-11-22)21(26)19-7-6-16-4-2-3-5-18(16)24(19)20(25)17-8-14-27-15-9-17/h2-5,17,19H,6-15H2,1H3. The SMILES string of the molecule is CN1CCN(C(=O)C2CCc3ccccc3N2C(=O)C2CCOCC2)CC1. The van der Waals surface area contributed by atoms with Gasteiger partial charge in [-0.1, -0.05) is 18.2 Å². The van der Waals surface area contributed by atoms with E-state index in [0.717, 1.165) is 51.1 Å². The lowest BCUT2D eigenvalue weighted by atomic mass is 9.91. The summed E-state index contributed by atoms with van der Waals surface area (Å²) in [7, 11) is 2.08. The molecule has 0 spiro atoms. The van der Waals surface area contributed by atoms with Gasteiger partial charge in [-0.05, 0) is 44.4 Å². The van der Waals surface area contributed by atoms with Gasteiger partial charge in [-0.15, -0.1) is 0 Å². The molecule has 2 saturated heterocycles. The fourth-order valence-corrected chi connectivity index (χ4v) is 4.43. The van der Waals surface area contributed by atoms with Crippen LogP contribution < -0.4 is 4.90 Å². The van der Waals surface area contributed by atoms with Gasteiger partial charge >= 0.3 is 0 Å². The lowest BCUT2D eigenvalue weighted by Gasteiger charge is -2.42. The van der Waals surface area contributed by atoms with Crippen LogP contribution in [0.2, 0.25) is 0 Å². The Morgan fingerprint density at radius 2 is 1.67 bits per heavy atom. The van der Waals surface area contributed by atoms with E-state index in [1.165, 1.54) is 5.56 Å². The Morgan fingerprint density at radius 1 is 0.963 bits per heavy atom. The number of carbonyl (C=O) groups is 2. The highest BCUT2D eigenvalue weighted by Crippen LogP contribution is 2.34. The molecule has 0 aliphatic carbocycles. The van der Waals surface area contributed by atoms with Crippen molar-refractivity contribution in [3.8, 4) is 0 Å². The lowest BCUT2D eigenvalue weighted by molar-refractivity contribution is -0.137. The van der Waals surface area contributed by atoms with Gasteiger partial charge in [0.1, 0.15) is 6.04 Å². The zero-order chi connectivity index (χ0) is 18.8. The molecule has 3 aliphatic rings. The van der Waals surface area contributed by atoms with E-state index in [0.29, 0.717) is 19.6 Å². The molecule has 1 unspecified atom stereocenters. The van der Waals surface area contributed by atoms with Gasteiger partial charge in [-0.3, -0.25) is 14.5 Å². The number of aryl methyl sites for hydroxylation is 1. The van der Waals surface area contributed by atoms with E-state index in [-0.39, 0.29) is 23.8 Å². The van der Waals surface area contributed by atoms with Crippen molar-refractivity contribution < 1.29 is 14.3 Å². The number of anilines is 1. The van der Waals surface area contributed by atoms with E-state index in [1.54, 1.807) is 0 Å². The maximum Gasteiger partial charge on any atom is 0.245 e. The highest BCUT2D eigenvalue weighted by molar-refractivity contribution is 6.03. The number of nitrogens with zero attached hydrogens (tertiary/aromatic N) is 3. The third-order valence-electron chi connectivity index (χ3n) is 6.16. The Hall–Kier alpha value is -1.92. The van der Waals surface area contributed by atoms with E-state index in [2.05, 4.69) is 18.0 Å². The van der Waals surface area contributed by atoms with Crippen molar-refractivity contribution in [1.82, 2.24) is 9.80 Å². The second-order valence-electron chi connectivity index (χ2n) is 7.91. The molecule has 3 aliphatic heterocycles. The molecule has 6 nitrogen and oxygen atoms in total. The van der Waals surface area contributed by atoms with E-state index >= 15 is 0 Å². The number of hydrogen-bond donors (Lipinski definition) is 0. The summed E-state index contributed by atoms with van der Waals surface area (Å²) < 4.78 is 5.44. The van der Waals surface area contributed by atoms with Crippen LogP contribution in [0.3, 0.4) is 0 Å². The fourth-order valence-electron chi connectivity index (χ4n) is 4.43. The molecule has 2 fully saturated rings. The molecular weight excluding hydrogens is 342 g/mol. The molecule has 0 bridgehead atoms. The summed E-state index contributed by atoms with van der Waals surface area (Å²) in [5.41, 5.74) is 2.09. The summed E-state index contributed by atoms with van der Waals surface area (Å²) in [5, 5.41) is 0. The topological polar surface area (TPSA) is 53.1 Å². The monoisotopic (exact) mass is 371 g/mol. The number of likely N-dealkylation sites (N-methyl/N-ethyl adjacent to an activating group) is 1. The molecule has 0 N–H and O–H groups in total. The number of benzene rings is 1. The smallest absolute Gasteiger partial charge is 0.245 e. The third kappa shape index (κ3) is 3.73. The van der Waals surface area contributed by atoms with Gasteiger partial charge in [0, 0.05) is 51.0 Å². The Morgan fingerprint density at radius 3 is 2.41 bits per heavy atom. The minimum atomic E-state index is -0.376. The number of piperazine rings is 1. The van der Waals surface area contributed by atoms with Crippen LogP contribution in [0.25, 0.3) is 0 Å². The molecule has 6 heteroatoms. The minimum Gasteiger partial charge on any atom is -0.381 e. The van der Waals surface area contributed by atoms with Gasteiger partial charge in [-0.2, -0.15) is 0 Å². The average Bonchev–Trinajstić information content (AvgIpc) is 2.73. The molecule has 146 valence electrons. The van der Waals surface area contributed by atoms with Gasteiger partial charge in [0.25, 0.3) is 0 Å². The van der Waals surface area contributed by atoms with Crippen LogP contribution in [0.15, 0.2) is 24.3 Å². The Kier molecular flexibility index (Phi) is 5.45. The van der Waals surface area contributed by atoms with E-state index in [4.69, 9.17) is 4.74 Å². The van der Waals surface area contributed by atoms with Crippen molar-refractivity contribution in [3.63, 3.8) is 0 Å². The van der Waals surface area contributed by atoms with Crippen LogP contribution >= 0.6 is 0 Å². The van der Waals surface area contributed by atoms with Crippen molar-refractivity contribution in [2.24, 2.45) is 5.92 Å². The molecule has 0 saturated carbocycles. The number of rotatable bonds is 2. The van der Waals surface area contributed by atoms with Crippen molar-refractivity contribution in [1.29, 1.82) is 0 Å². The van der Waals surface area contributed by atoms with Crippen LogP contribution in [-0.2, 0) is 20.7 Å². The maximum atomic E-state index is 13.5. The summed E-state index contributed by atoms with van der Waals surface area (Å²) in [6.45, 7) is 4.53. The summed E-state index contributed by atoms with van der Waals surface area (Å²) in [5.74, 6) is 0.156. The van der Waals surface area contributed by atoms with Crippen LogP contribution in [-0.4, -0.2) is 74.1 Å². The number of fused-ring (bicyclic) bond motifs is 1. The summed E-state index contributed by atoms with van der Waals surface area (Å²) in [6.07, 6.45) is 3.04. The molecule has 2 amide bonds. The van der Waals surface area contributed by atoms with Gasteiger partial charge in [0.2, 0.25) is 11.8 Å². The largest absolute Gasteiger partial charge is 0.381 e. The van der Waals surface area contributed by atoms with Crippen LogP contribution in [0, 0.1) is 5.92 Å². The minimum absolute atomic E-state index is 0.0484. The zero-order valence-corrected chi connectivity index (χ0v) is 16.1. The van der Waals surface area contributed by atoms with E-state index in [9.17, 15) is 9.59 Å². The van der Waals surface area contributed by atoms with Gasteiger partial charge in [0.05, 0.1) is 0 Å². The molecule has 0 radical (unpaired) electrons. The summed E-state index contributed by atoms with van der Waals surface area (Å²) >= 11 is 0. The number of hydrogen-bond acceptors (Lipinski definition) is 4. The number of ether oxygens (including phenoxy) is 1. The second-order valence-corrected chi connectivity index (χ2v) is 7.91. The predicted octanol–water partition coefficient (Wildman–Crippen LogP) is 1.53. The summed E-state index contributed by atoms with van der Waals surface area (Å²) in [4.78, 5) is 32.8. The molecule has 1 atom stereocenters. The molecular formula is C21H29N3O3. The van der Waals surface area contributed by atoms with E-state index in [1.807, 2.05) is 28.0 Å². The van der Waals surface area contributed by atoms with Crippen molar-refractivity contribution >= 4 is 17.5 Å². The van der Waals surface area contributed by atoms with Crippen molar-refractivity contribution in [3.05, 3.63) is 29.8 Å². The molecule has 1 aromatic rings. The lowest BCUT2D eigenvalue weighted by Crippen LogP contribution is -2.58. The first-order valence-corrected chi connectivity index (χ1v) is 10.1. The quantitative estimate of drug-likeness (QED) is 0.791. The third-order valence-corrected chi connectivity index (χ3v) is 6.16. The molecule has 3 heterocycles. The molecule has 1 aromatic carbocycles.